The van der Waals surface area contributed by atoms with Gasteiger partial charge < -0.3 is 10.1 Å². The molecule has 0 radical (unpaired) electrons. The van der Waals surface area contributed by atoms with Crippen molar-refractivity contribution in [3.05, 3.63) is 34.7 Å². The van der Waals surface area contributed by atoms with Crippen LogP contribution < -0.4 is 5.32 Å². The molecule has 0 bridgehead atoms. The Morgan fingerprint density at radius 3 is 2.71 bits per heavy atom. The normalized spacial score (nSPS) is 15.8. The minimum atomic E-state index is 0.141. The summed E-state index contributed by atoms with van der Waals surface area (Å²) in [6.45, 7) is 9.24. The minimum Gasteiger partial charge on any atom is -0.376 e. The van der Waals surface area contributed by atoms with Crippen LogP contribution in [0.3, 0.4) is 0 Å². The highest BCUT2D eigenvalue weighted by molar-refractivity contribution is 7.19. The van der Waals surface area contributed by atoms with Gasteiger partial charge in [-0.2, -0.15) is 0 Å². The van der Waals surface area contributed by atoms with Gasteiger partial charge in [0.1, 0.15) is 0 Å². The van der Waals surface area contributed by atoms with Crippen LogP contribution in [0.4, 0.5) is 0 Å². The molecule has 1 aromatic heterocycles. The molecule has 0 atom stereocenters. The minimum absolute atomic E-state index is 0.141. The van der Waals surface area contributed by atoms with E-state index >= 15 is 0 Å². The van der Waals surface area contributed by atoms with Gasteiger partial charge >= 0.3 is 0 Å². The topological polar surface area (TPSA) is 21.3 Å². The molecule has 2 aromatic rings. The number of fused-ring (bicyclic) bond motifs is 1. The van der Waals surface area contributed by atoms with E-state index in [1.807, 2.05) is 11.3 Å². The van der Waals surface area contributed by atoms with Crippen molar-refractivity contribution in [2.45, 2.75) is 52.3 Å². The Kier molecular flexibility index (Phi) is 4.34. The third-order valence-electron chi connectivity index (χ3n) is 3.86. The molecule has 114 valence electrons. The van der Waals surface area contributed by atoms with Gasteiger partial charge in [-0.15, -0.1) is 11.3 Å². The zero-order chi connectivity index (χ0) is 14.9. The van der Waals surface area contributed by atoms with Crippen molar-refractivity contribution in [1.29, 1.82) is 0 Å². The third kappa shape index (κ3) is 4.06. The lowest BCUT2D eigenvalue weighted by atomic mass is 10.1. The highest BCUT2D eigenvalue weighted by Gasteiger charge is 2.22. The van der Waals surface area contributed by atoms with E-state index in [4.69, 9.17) is 4.74 Å². The Labute approximate surface area is 131 Å². The summed E-state index contributed by atoms with van der Waals surface area (Å²) in [6.07, 6.45) is 2.70. The van der Waals surface area contributed by atoms with E-state index in [-0.39, 0.29) is 5.54 Å². The van der Waals surface area contributed by atoms with Gasteiger partial charge in [0.2, 0.25) is 0 Å². The Morgan fingerprint density at radius 1 is 1.24 bits per heavy atom. The Balaban J connectivity index is 1.78. The van der Waals surface area contributed by atoms with Gasteiger partial charge in [-0.05, 0) is 51.0 Å². The maximum atomic E-state index is 5.96. The number of thiophene rings is 1. The lowest BCUT2D eigenvalue weighted by molar-refractivity contribution is 0.111. The van der Waals surface area contributed by atoms with Crippen molar-refractivity contribution in [3.8, 4) is 0 Å². The molecular formula is C18H25NOS. The van der Waals surface area contributed by atoms with E-state index in [0.717, 1.165) is 25.7 Å². The summed E-state index contributed by atoms with van der Waals surface area (Å²) in [7, 11) is 0. The maximum Gasteiger partial charge on any atom is 0.0734 e. The summed E-state index contributed by atoms with van der Waals surface area (Å²) < 4.78 is 7.33. The second-order valence-corrected chi connectivity index (χ2v) is 8.20. The molecule has 0 amide bonds. The third-order valence-corrected chi connectivity index (χ3v) is 5.07. The fourth-order valence-corrected chi connectivity index (χ4v) is 3.56. The molecule has 1 aliphatic rings. The van der Waals surface area contributed by atoms with Gasteiger partial charge in [0.25, 0.3) is 0 Å². The van der Waals surface area contributed by atoms with E-state index in [0.29, 0.717) is 0 Å². The van der Waals surface area contributed by atoms with Crippen molar-refractivity contribution in [1.82, 2.24) is 5.32 Å². The molecule has 1 N–H and O–H groups in total. The number of rotatable bonds is 6. The zero-order valence-electron chi connectivity index (χ0n) is 13.2. The van der Waals surface area contributed by atoms with E-state index < -0.39 is 0 Å². The molecule has 1 saturated carbocycles. The zero-order valence-corrected chi connectivity index (χ0v) is 14.1. The average Bonchev–Trinajstić information content (AvgIpc) is 3.18. The predicted octanol–water partition coefficient (Wildman–Crippen LogP) is 4.72. The van der Waals surface area contributed by atoms with Crippen molar-refractivity contribution in [3.63, 3.8) is 0 Å². The molecule has 1 aromatic carbocycles. The molecular weight excluding hydrogens is 278 g/mol. The smallest absolute Gasteiger partial charge is 0.0734 e. The van der Waals surface area contributed by atoms with Crippen LogP contribution in [0.25, 0.3) is 10.1 Å². The quantitative estimate of drug-likeness (QED) is 0.834. The van der Waals surface area contributed by atoms with Crippen molar-refractivity contribution >= 4 is 21.4 Å². The van der Waals surface area contributed by atoms with Crippen LogP contribution in [-0.2, 0) is 17.9 Å². The lowest BCUT2D eigenvalue weighted by Gasteiger charge is -2.20. The Hall–Kier alpha value is -0.900. The molecule has 3 heteroatoms. The van der Waals surface area contributed by atoms with Crippen LogP contribution in [-0.4, -0.2) is 12.1 Å². The summed E-state index contributed by atoms with van der Waals surface area (Å²) in [4.78, 5) is 1.42. The summed E-state index contributed by atoms with van der Waals surface area (Å²) in [6, 6.07) is 8.68. The summed E-state index contributed by atoms with van der Waals surface area (Å²) >= 11 is 1.90. The molecule has 2 nitrogen and oxygen atoms in total. The van der Waals surface area contributed by atoms with Gasteiger partial charge in [-0.25, -0.2) is 0 Å². The van der Waals surface area contributed by atoms with Crippen LogP contribution >= 0.6 is 11.3 Å². The first-order chi connectivity index (χ1) is 10.0. The van der Waals surface area contributed by atoms with E-state index in [9.17, 15) is 0 Å². The van der Waals surface area contributed by atoms with Crippen molar-refractivity contribution in [2.24, 2.45) is 5.92 Å². The molecule has 0 saturated heterocycles. The molecule has 1 aliphatic carbocycles. The molecule has 0 aliphatic heterocycles. The number of nitrogens with one attached hydrogen (secondary N) is 1. The number of hydrogen-bond acceptors (Lipinski definition) is 3. The van der Waals surface area contributed by atoms with Crippen LogP contribution in [0.1, 0.15) is 44.1 Å². The van der Waals surface area contributed by atoms with Crippen LogP contribution in [0, 0.1) is 5.92 Å². The Bertz CT molecular complexity index is 607. The van der Waals surface area contributed by atoms with E-state index in [1.165, 1.54) is 33.4 Å². The SMILES string of the molecule is CC(C)(C)NCc1sc2ccccc2c1COCC1CC1. The Morgan fingerprint density at radius 2 is 2.00 bits per heavy atom. The van der Waals surface area contributed by atoms with Gasteiger partial charge in [-0.3, -0.25) is 0 Å². The van der Waals surface area contributed by atoms with Gasteiger partial charge in [0, 0.05) is 33.8 Å². The van der Waals surface area contributed by atoms with Crippen molar-refractivity contribution < 1.29 is 4.74 Å². The number of benzene rings is 1. The maximum absolute atomic E-state index is 5.96. The summed E-state index contributed by atoms with van der Waals surface area (Å²) in [5, 5.41) is 4.97. The van der Waals surface area contributed by atoms with E-state index in [1.54, 1.807) is 0 Å². The van der Waals surface area contributed by atoms with Crippen LogP contribution in [0.15, 0.2) is 24.3 Å². The molecule has 1 fully saturated rings. The van der Waals surface area contributed by atoms with Crippen LogP contribution in [0.2, 0.25) is 0 Å². The van der Waals surface area contributed by atoms with E-state index in [2.05, 4.69) is 50.4 Å². The highest BCUT2D eigenvalue weighted by atomic mass is 32.1. The second-order valence-electron chi connectivity index (χ2n) is 7.06. The first-order valence-electron chi connectivity index (χ1n) is 7.85. The first-order valence-corrected chi connectivity index (χ1v) is 8.66. The molecule has 21 heavy (non-hydrogen) atoms. The molecule has 0 spiro atoms. The first kappa shape index (κ1) is 15.0. The highest BCUT2D eigenvalue weighted by Crippen LogP contribution is 2.33. The van der Waals surface area contributed by atoms with Crippen molar-refractivity contribution in [2.75, 3.05) is 6.61 Å². The monoisotopic (exact) mass is 303 g/mol. The molecule has 0 unspecified atom stereocenters. The molecule has 1 heterocycles. The predicted molar refractivity (Wildman–Crippen MR) is 90.8 cm³/mol. The number of ether oxygens (including phenoxy) is 1. The van der Waals surface area contributed by atoms with Gasteiger partial charge in [0.15, 0.2) is 0 Å². The summed E-state index contributed by atoms with van der Waals surface area (Å²) in [5.41, 5.74) is 1.52. The molecule has 3 rings (SSSR count). The summed E-state index contributed by atoms with van der Waals surface area (Å²) in [5.74, 6) is 0.825. The van der Waals surface area contributed by atoms with Gasteiger partial charge in [-0.1, -0.05) is 18.2 Å². The number of hydrogen-bond donors (Lipinski definition) is 1. The largest absolute Gasteiger partial charge is 0.376 e. The van der Waals surface area contributed by atoms with Gasteiger partial charge in [0.05, 0.1) is 6.61 Å². The standard InChI is InChI=1S/C18H25NOS/c1-18(2,3)19-10-17-15(12-20-11-13-8-9-13)14-6-4-5-7-16(14)21-17/h4-7,13,19H,8-12H2,1-3H3. The second kappa shape index (κ2) is 6.07. The van der Waals surface area contributed by atoms with Crippen LogP contribution in [0.5, 0.6) is 0 Å². The fourth-order valence-electron chi connectivity index (χ4n) is 2.41. The average molecular weight is 303 g/mol. The fraction of sp³-hybridized carbons (Fsp3) is 0.556. The lowest BCUT2D eigenvalue weighted by Crippen LogP contribution is -2.35.